The van der Waals surface area contributed by atoms with E-state index in [1.165, 1.54) is 13.3 Å². The number of benzene rings is 1. The largest absolute Gasteiger partial charge is 0.478 e. The predicted molar refractivity (Wildman–Crippen MR) is 56.6 cm³/mol. The Morgan fingerprint density at radius 2 is 2.06 bits per heavy atom. The molecule has 2 aromatic rings. The van der Waals surface area contributed by atoms with Crippen molar-refractivity contribution < 1.29 is 19.4 Å². The number of ether oxygens (including phenoxy) is 1. The zero-order valence-electron chi connectivity index (χ0n) is 8.48. The van der Waals surface area contributed by atoms with E-state index in [2.05, 4.69) is 9.72 Å². The van der Waals surface area contributed by atoms with E-state index in [1.54, 1.807) is 18.2 Å². The molecule has 1 heterocycles. The molecule has 0 radical (unpaired) electrons. The number of hydrogen-bond acceptors (Lipinski definition) is 3. The number of aromatic carboxylic acids is 1. The molecule has 1 aromatic carbocycles. The number of carbonyl (C=O) groups is 2. The van der Waals surface area contributed by atoms with E-state index in [0.29, 0.717) is 16.5 Å². The number of nitrogens with one attached hydrogen (secondary N) is 1. The summed E-state index contributed by atoms with van der Waals surface area (Å²) in [5, 5.41) is 9.42. The predicted octanol–water partition coefficient (Wildman–Crippen LogP) is 1.65. The van der Waals surface area contributed by atoms with Crippen molar-refractivity contribution in [3.63, 3.8) is 0 Å². The van der Waals surface area contributed by atoms with Gasteiger partial charge in [0.15, 0.2) is 0 Å². The van der Waals surface area contributed by atoms with Gasteiger partial charge in [-0.15, -0.1) is 0 Å². The Hall–Kier alpha value is -2.30. The molecular formula is C11H9NO4. The summed E-state index contributed by atoms with van der Waals surface area (Å²) in [6.45, 7) is 0. The fourth-order valence-corrected chi connectivity index (χ4v) is 1.61. The molecule has 0 saturated heterocycles. The second-order valence-electron chi connectivity index (χ2n) is 3.23. The molecule has 2 N–H and O–H groups in total. The van der Waals surface area contributed by atoms with Crippen LogP contribution in [0, 0.1) is 0 Å². The molecule has 0 unspecified atom stereocenters. The van der Waals surface area contributed by atoms with Crippen molar-refractivity contribution in [3.8, 4) is 0 Å². The van der Waals surface area contributed by atoms with Crippen LogP contribution in [-0.2, 0) is 4.74 Å². The van der Waals surface area contributed by atoms with Gasteiger partial charge in [-0.1, -0.05) is 12.1 Å². The van der Waals surface area contributed by atoms with Gasteiger partial charge in [0.05, 0.1) is 23.8 Å². The van der Waals surface area contributed by atoms with Gasteiger partial charge in [0, 0.05) is 11.6 Å². The fourth-order valence-electron chi connectivity index (χ4n) is 1.61. The normalized spacial score (nSPS) is 10.3. The highest BCUT2D eigenvalue weighted by Crippen LogP contribution is 2.22. The number of hydrogen-bond donors (Lipinski definition) is 2. The molecule has 1 aromatic heterocycles. The van der Waals surface area contributed by atoms with Crippen LogP contribution in [0.15, 0.2) is 24.4 Å². The van der Waals surface area contributed by atoms with Crippen LogP contribution in [0.2, 0.25) is 0 Å². The van der Waals surface area contributed by atoms with E-state index in [-0.39, 0.29) is 5.56 Å². The van der Waals surface area contributed by atoms with E-state index < -0.39 is 11.9 Å². The van der Waals surface area contributed by atoms with Gasteiger partial charge in [0.1, 0.15) is 0 Å². The highest BCUT2D eigenvalue weighted by molar-refractivity contribution is 6.09. The Morgan fingerprint density at radius 1 is 1.31 bits per heavy atom. The first-order valence-corrected chi connectivity index (χ1v) is 4.57. The summed E-state index contributed by atoms with van der Waals surface area (Å²) in [6, 6.07) is 4.84. The molecule has 0 fully saturated rings. The highest BCUT2D eigenvalue weighted by Gasteiger charge is 2.16. The van der Waals surface area contributed by atoms with Crippen molar-refractivity contribution in [1.29, 1.82) is 0 Å². The Bertz CT molecular complexity index is 570. The van der Waals surface area contributed by atoms with Crippen LogP contribution < -0.4 is 0 Å². The number of aromatic amines is 1. The molecule has 0 aliphatic carbocycles. The van der Waals surface area contributed by atoms with E-state index in [0.717, 1.165) is 0 Å². The zero-order chi connectivity index (χ0) is 11.7. The number of carbonyl (C=O) groups excluding carboxylic acids is 1. The number of rotatable bonds is 2. The molecule has 5 heteroatoms. The summed E-state index contributed by atoms with van der Waals surface area (Å²) in [5.74, 6) is -1.53. The van der Waals surface area contributed by atoms with Crippen LogP contribution >= 0.6 is 0 Å². The smallest absolute Gasteiger partial charge is 0.339 e. The monoisotopic (exact) mass is 219 g/mol. The lowest BCUT2D eigenvalue weighted by molar-refractivity contribution is 0.0601. The summed E-state index contributed by atoms with van der Waals surface area (Å²) < 4.78 is 4.61. The zero-order valence-corrected chi connectivity index (χ0v) is 8.48. The molecule has 0 bridgehead atoms. The van der Waals surface area contributed by atoms with E-state index >= 15 is 0 Å². The van der Waals surface area contributed by atoms with Crippen LogP contribution in [0.3, 0.4) is 0 Å². The molecule has 16 heavy (non-hydrogen) atoms. The van der Waals surface area contributed by atoms with Crippen LogP contribution in [0.25, 0.3) is 10.9 Å². The number of fused-ring (bicyclic) bond motifs is 1. The first kappa shape index (κ1) is 10.2. The number of methoxy groups -OCH3 is 1. The van der Waals surface area contributed by atoms with Gasteiger partial charge < -0.3 is 14.8 Å². The fraction of sp³-hybridized carbons (Fsp3) is 0.0909. The van der Waals surface area contributed by atoms with Gasteiger partial charge in [-0.05, 0) is 6.07 Å². The second-order valence-corrected chi connectivity index (χ2v) is 3.23. The van der Waals surface area contributed by atoms with E-state index in [4.69, 9.17) is 5.11 Å². The maximum absolute atomic E-state index is 11.4. The molecule has 0 atom stereocenters. The topological polar surface area (TPSA) is 79.4 Å². The average Bonchev–Trinajstić information content (AvgIpc) is 2.71. The Balaban J connectivity index is 2.71. The Morgan fingerprint density at radius 3 is 2.69 bits per heavy atom. The van der Waals surface area contributed by atoms with E-state index in [9.17, 15) is 9.59 Å². The molecule has 0 aliphatic heterocycles. The molecule has 0 amide bonds. The number of carboxylic acids is 1. The minimum Gasteiger partial charge on any atom is -0.478 e. The van der Waals surface area contributed by atoms with E-state index in [1.807, 2.05) is 0 Å². The number of H-pyrrole nitrogens is 1. The van der Waals surface area contributed by atoms with Gasteiger partial charge in [-0.3, -0.25) is 0 Å². The minimum absolute atomic E-state index is 0.140. The van der Waals surface area contributed by atoms with Gasteiger partial charge in [0.25, 0.3) is 0 Å². The molecule has 5 nitrogen and oxygen atoms in total. The lowest BCUT2D eigenvalue weighted by Crippen LogP contribution is -2.02. The van der Waals surface area contributed by atoms with Crippen molar-refractivity contribution in [2.75, 3.05) is 7.11 Å². The van der Waals surface area contributed by atoms with Gasteiger partial charge in [-0.2, -0.15) is 0 Å². The maximum atomic E-state index is 11.4. The molecule has 0 aliphatic rings. The quantitative estimate of drug-likeness (QED) is 0.752. The Labute approximate surface area is 90.6 Å². The number of para-hydroxylation sites is 1. The van der Waals surface area contributed by atoms with Crippen molar-refractivity contribution in [2.24, 2.45) is 0 Å². The third-order valence-corrected chi connectivity index (χ3v) is 2.35. The van der Waals surface area contributed by atoms with Crippen LogP contribution in [0.5, 0.6) is 0 Å². The van der Waals surface area contributed by atoms with Gasteiger partial charge in [-0.25, -0.2) is 9.59 Å². The van der Waals surface area contributed by atoms with Crippen LogP contribution in [-0.4, -0.2) is 29.1 Å². The van der Waals surface area contributed by atoms with Gasteiger partial charge in [0.2, 0.25) is 0 Å². The summed E-state index contributed by atoms with van der Waals surface area (Å²) >= 11 is 0. The maximum Gasteiger partial charge on any atom is 0.339 e. The standard InChI is InChI=1S/C11H9NO4/c1-16-11(15)7-4-2-3-6-8(10(13)14)5-12-9(6)7/h2-5,12H,1H3,(H,13,14). The molecule has 82 valence electrons. The van der Waals surface area contributed by atoms with Gasteiger partial charge >= 0.3 is 11.9 Å². The van der Waals surface area contributed by atoms with Crippen molar-refractivity contribution >= 4 is 22.8 Å². The summed E-state index contributed by atoms with van der Waals surface area (Å²) in [6.07, 6.45) is 1.36. The van der Waals surface area contributed by atoms with Crippen LogP contribution in [0.4, 0.5) is 0 Å². The van der Waals surface area contributed by atoms with Crippen molar-refractivity contribution in [2.45, 2.75) is 0 Å². The Kier molecular flexibility index (Phi) is 2.36. The molecular weight excluding hydrogens is 210 g/mol. The first-order valence-electron chi connectivity index (χ1n) is 4.57. The molecule has 0 saturated carbocycles. The third kappa shape index (κ3) is 1.42. The third-order valence-electron chi connectivity index (χ3n) is 2.35. The molecule has 2 rings (SSSR count). The number of carboxylic acid groups (broad SMARTS) is 1. The lowest BCUT2D eigenvalue weighted by atomic mass is 10.1. The van der Waals surface area contributed by atoms with Crippen LogP contribution in [0.1, 0.15) is 20.7 Å². The second kappa shape index (κ2) is 3.69. The SMILES string of the molecule is COC(=O)c1cccc2c(C(=O)O)c[nH]c12. The number of aromatic nitrogens is 1. The van der Waals surface area contributed by atoms with Crippen molar-refractivity contribution in [1.82, 2.24) is 4.98 Å². The minimum atomic E-state index is -1.03. The highest BCUT2D eigenvalue weighted by atomic mass is 16.5. The summed E-state index contributed by atoms with van der Waals surface area (Å²) in [7, 11) is 1.28. The molecule has 0 spiro atoms. The van der Waals surface area contributed by atoms with Crippen molar-refractivity contribution in [3.05, 3.63) is 35.5 Å². The first-order chi connectivity index (χ1) is 7.65. The average molecular weight is 219 g/mol. The summed E-state index contributed by atoms with van der Waals surface area (Å²) in [4.78, 5) is 25.1. The number of esters is 1. The summed E-state index contributed by atoms with van der Waals surface area (Å²) in [5.41, 5.74) is 0.944. The lowest BCUT2D eigenvalue weighted by Gasteiger charge is -2.00.